The van der Waals surface area contributed by atoms with Crippen LogP contribution in [0.3, 0.4) is 0 Å². The lowest BCUT2D eigenvalue weighted by molar-refractivity contribution is -0.0249. The van der Waals surface area contributed by atoms with Crippen LogP contribution in [0.4, 0.5) is 0 Å². The molecule has 1 aliphatic rings. The molecule has 0 saturated carbocycles. The maximum Gasteiger partial charge on any atom is 0.137 e. The molecule has 3 heteroatoms. The average Bonchev–Trinajstić information content (AvgIpc) is 2.73. The van der Waals surface area contributed by atoms with Gasteiger partial charge >= 0.3 is 0 Å². The lowest BCUT2D eigenvalue weighted by Gasteiger charge is -2.24. The lowest BCUT2D eigenvalue weighted by atomic mass is 10.00. The minimum atomic E-state index is -0.303. The van der Waals surface area contributed by atoms with Gasteiger partial charge in [-0.05, 0) is 24.0 Å². The molecule has 1 aromatic carbocycles. The Bertz CT molecular complexity index is 374. The normalized spacial score (nSPS) is 28.9. The molecule has 0 aromatic heterocycles. The van der Waals surface area contributed by atoms with Gasteiger partial charge in [0.05, 0.1) is 12.7 Å². The van der Waals surface area contributed by atoms with E-state index in [9.17, 15) is 0 Å². The van der Waals surface area contributed by atoms with Gasteiger partial charge in [-0.15, -0.1) is 11.8 Å². The van der Waals surface area contributed by atoms with Gasteiger partial charge in [-0.1, -0.05) is 38.1 Å². The first kappa shape index (κ1) is 12.9. The number of thioether (sulfide) groups is 1. The molecule has 1 N–H and O–H groups in total. The van der Waals surface area contributed by atoms with E-state index in [4.69, 9.17) is 9.84 Å². The molecule has 2 nitrogen and oxygen atoms in total. The van der Waals surface area contributed by atoms with Crippen molar-refractivity contribution < 1.29 is 9.84 Å². The van der Waals surface area contributed by atoms with Gasteiger partial charge in [0.1, 0.15) is 4.93 Å². The maximum absolute atomic E-state index is 9.12. The van der Waals surface area contributed by atoms with Gasteiger partial charge in [-0.2, -0.15) is 0 Å². The Balaban J connectivity index is 2.17. The Morgan fingerprint density at radius 1 is 1.41 bits per heavy atom. The van der Waals surface area contributed by atoms with Gasteiger partial charge in [0, 0.05) is 5.75 Å². The van der Waals surface area contributed by atoms with Crippen LogP contribution in [0.25, 0.3) is 0 Å². The molecule has 0 aliphatic carbocycles. The second-order valence-electron chi connectivity index (χ2n) is 4.96. The van der Waals surface area contributed by atoms with Gasteiger partial charge < -0.3 is 9.84 Å². The summed E-state index contributed by atoms with van der Waals surface area (Å²) in [7, 11) is 0. The number of rotatable bonds is 3. The summed E-state index contributed by atoms with van der Waals surface area (Å²) in [5.74, 6) is 1.41. The fourth-order valence-corrected chi connectivity index (χ4v) is 3.23. The highest BCUT2D eigenvalue weighted by atomic mass is 32.2. The molecular weight excluding hydrogens is 232 g/mol. The molecule has 0 spiro atoms. The van der Waals surface area contributed by atoms with E-state index >= 15 is 0 Å². The second kappa shape index (κ2) is 5.01. The van der Waals surface area contributed by atoms with E-state index in [1.807, 2.05) is 0 Å². The summed E-state index contributed by atoms with van der Waals surface area (Å²) in [6.07, 6.45) is -0.0326. The van der Waals surface area contributed by atoms with E-state index in [1.54, 1.807) is 11.8 Å². The highest BCUT2D eigenvalue weighted by Gasteiger charge is 2.37. The van der Waals surface area contributed by atoms with Gasteiger partial charge in [-0.25, -0.2) is 0 Å². The van der Waals surface area contributed by atoms with Gasteiger partial charge in [0.2, 0.25) is 0 Å². The zero-order valence-electron chi connectivity index (χ0n) is 10.6. The van der Waals surface area contributed by atoms with Crippen molar-refractivity contribution in [2.75, 3.05) is 12.4 Å². The van der Waals surface area contributed by atoms with E-state index in [2.05, 4.69) is 45.0 Å². The molecule has 94 valence electrons. The molecule has 1 aliphatic heterocycles. The molecule has 2 unspecified atom stereocenters. The summed E-state index contributed by atoms with van der Waals surface area (Å²) in [6, 6.07) is 8.62. The fraction of sp³-hybridized carbons (Fsp3) is 0.571. The van der Waals surface area contributed by atoms with Crippen molar-refractivity contribution in [1.82, 2.24) is 0 Å². The van der Waals surface area contributed by atoms with Crippen molar-refractivity contribution in [3.05, 3.63) is 35.4 Å². The van der Waals surface area contributed by atoms with Gasteiger partial charge in [0.25, 0.3) is 0 Å². The quantitative estimate of drug-likeness (QED) is 0.896. The van der Waals surface area contributed by atoms with E-state index in [0.717, 1.165) is 5.75 Å². The molecular formula is C14H20O2S. The SMILES string of the molecule is CC(C)c1ccc(C2(C)OC(CO)CS2)cc1. The monoisotopic (exact) mass is 252 g/mol. The predicted molar refractivity (Wildman–Crippen MR) is 72.3 cm³/mol. The topological polar surface area (TPSA) is 29.5 Å². The molecule has 2 atom stereocenters. The number of ether oxygens (including phenoxy) is 1. The van der Waals surface area contributed by atoms with Crippen LogP contribution in [-0.4, -0.2) is 23.6 Å². The van der Waals surface area contributed by atoms with Crippen LogP contribution < -0.4 is 0 Å². The Labute approximate surface area is 107 Å². The molecule has 1 fully saturated rings. The summed E-state index contributed by atoms with van der Waals surface area (Å²) in [6.45, 7) is 6.57. The molecule has 1 saturated heterocycles. The number of aliphatic hydroxyl groups excluding tert-OH is 1. The Hall–Kier alpha value is -0.510. The zero-order chi connectivity index (χ0) is 12.5. The van der Waals surface area contributed by atoms with Crippen molar-refractivity contribution in [3.8, 4) is 0 Å². The number of aliphatic hydroxyl groups is 1. The summed E-state index contributed by atoms with van der Waals surface area (Å²) < 4.78 is 5.90. The number of benzene rings is 1. The third kappa shape index (κ3) is 2.67. The molecule has 1 aromatic rings. The maximum atomic E-state index is 9.12. The third-order valence-corrected chi connectivity index (χ3v) is 4.66. The highest BCUT2D eigenvalue weighted by Crippen LogP contribution is 2.44. The molecule has 0 amide bonds. The largest absolute Gasteiger partial charge is 0.394 e. The average molecular weight is 252 g/mol. The summed E-state index contributed by atoms with van der Waals surface area (Å²) >= 11 is 1.76. The number of hydrogen-bond donors (Lipinski definition) is 1. The third-order valence-electron chi connectivity index (χ3n) is 3.24. The molecule has 17 heavy (non-hydrogen) atoms. The van der Waals surface area contributed by atoms with Crippen LogP contribution >= 0.6 is 11.8 Å². The summed E-state index contributed by atoms with van der Waals surface area (Å²) in [5.41, 5.74) is 2.53. The van der Waals surface area contributed by atoms with Crippen LogP contribution in [0.15, 0.2) is 24.3 Å². The minimum absolute atomic E-state index is 0.0326. The van der Waals surface area contributed by atoms with E-state index < -0.39 is 0 Å². The second-order valence-corrected chi connectivity index (χ2v) is 6.36. The Morgan fingerprint density at radius 2 is 2.06 bits per heavy atom. The van der Waals surface area contributed by atoms with Crippen LogP contribution in [0, 0.1) is 0 Å². The molecule has 2 rings (SSSR count). The first-order valence-electron chi connectivity index (χ1n) is 6.08. The van der Waals surface area contributed by atoms with Gasteiger partial charge in [0.15, 0.2) is 0 Å². The molecule has 1 heterocycles. The Kier molecular flexibility index (Phi) is 3.81. The van der Waals surface area contributed by atoms with Crippen molar-refractivity contribution in [2.45, 2.75) is 37.7 Å². The standard InChI is InChI=1S/C14H20O2S/c1-10(2)11-4-6-12(7-5-11)14(3)16-13(8-15)9-17-14/h4-7,10,13,15H,8-9H2,1-3H3. The first-order valence-corrected chi connectivity index (χ1v) is 7.07. The highest BCUT2D eigenvalue weighted by molar-refractivity contribution is 8.00. The van der Waals surface area contributed by atoms with Crippen molar-refractivity contribution in [3.63, 3.8) is 0 Å². The lowest BCUT2D eigenvalue weighted by Crippen LogP contribution is -2.22. The Morgan fingerprint density at radius 3 is 2.53 bits per heavy atom. The van der Waals surface area contributed by atoms with E-state index in [1.165, 1.54) is 11.1 Å². The van der Waals surface area contributed by atoms with Crippen LogP contribution in [-0.2, 0) is 9.67 Å². The van der Waals surface area contributed by atoms with Crippen molar-refractivity contribution in [1.29, 1.82) is 0 Å². The minimum Gasteiger partial charge on any atom is -0.394 e. The van der Waals surface area contributed by atoms with E-state index in [0.29, 0.717) is 5.92 Å². The molecule has 0 bridgehead atoms. The van der Waals surface area contributed by atoms with Crippen molar-refractivity contribution >= 4 is 11.8 Å². The van der Waals surface area contributed by atoms with Crippen molar-refractivity contribution in [2.24, 2.45) is 0 Å². The fourth-order valence-electron chi connectivity index (χ4n) is 2.05. The molecule has 0 radical (unpaired) electrons. The van der Waals surface area contributed by atoms with E-state index in [-0.39, 0.29) is 17.6 Å². The summed E-state index contributed by atoms with van der Waals surface area (Å²) in [4.78, 5) is -0.303. The van der Waals surface area contributed by atoms with Crippen LogP contribution in [0.5, 0.6) is 0 Å². The summed E-state index contributed by atoms with van der Waals surface area (Å²) in [5, 5.41) is 9.12. The first-order chi connectivity index (χ1) is 8.05. The zero-order valence-corrected chi connectivity index (χ0v) is 11.5. The smallest absolute Gasteiger partial charge is 0.137 e. The van der Waals surface area contributed by atoms with Gasteiger partial charge in [-0.3, -0.25) is 0 Å². The predicted octanol–water partition coefficient (Wildman–Crippen LogP) is 3.11. The van der Waals surface area contributed by atoms with Crippen LogP contribution in [0.2, 0.25) is 0 Å². The number of hydrogen-bond acceptors (Lipinski definition) is 3. The van der Waals surface area contributed by atoms with Crippen LogP contribution in [0.1, 0.15) is 37.8 Å².